The molecular weight excluding hydrogens is 228 g/mol. The third-order valence-corrected chi connectivity index (χ3v) is 3.58. The van der Waals surface area contributed by atoms with Crippen molar-refractivity contribution in [3.05, 3.63) is 0 Å². The minimum absolute atomic E-state index is 0.257. The average molecular weight is 247 g/mol. The predicted molar refractivity (Wildman–Crippen MR) is 63.4 cm³/mol. The van der Waals surface area contributed by atoms with Crippen LogP contribution >= 0.6 is 11.6 Å². The molecule has 0 bridgehead atoms. The van der Waals surface area contributed by atoms with Crippen molar-refractivity contribution in [2.75, 3.05) is 6.54 Å². The Labute approximate surface area is 101 Å². The van der Waals surface area contributed by atoms with E-state index in [1.807, 2.05) is 0 Å². The molecule has 16 heavy (non-hydrogen) atoms. The Kier molecular flexibility index (Phi) is 4.59. The third kappa shape index (κ3) is 3.37. The molecule has 0 aliphatic heterocycles. The molecule has 0 aromatic heterocycles. The van der Waals surface area contributed by atoms with E-state index in [-0.39, 0.29) is 5.41 Å². The summed E-state index contributed by atoms with van der Waals surface area (Å²) >= 11 is 5.54. The lowest BCUT2D eigenvalue weighted by Crippen LogP contribution is -2.48. The van der Waals surface area contributed by atoms with E-state index in [1.54, 1.807) is 0 Å². The van der Waals surface area contributed by atoms with Crippen LogP contribution < -0.4 is 10.6 Å². The SMILES string of the molecule is CCC1(CNC(=O)NC(=O)C(C)Cl)CCC1. The van der Waals surface area contributed by atoms with Crippen LogP contribution in [0.3, 0.4) is 0 Å². The average Bonchev–Trinajstić information content (AvgIpc) is 2.16. The van der Waals surface area contributed by atoms with Crippen LogP contribution in [0.4, 0.5) is 4.79 Å². The van der Waals surface area contributed by atoms with Gasteiger partial charge in [0.15, 0.2) is 0 Å². The van der Waals surface area contributed by atoms with E-state index < -0.39 is 17.3 Å². The molecule has 1 unspecified atom stereocenters. The summed E-state index contributed by atoms with van der Waals surface area (Å²) in [5.41, 5.74) is 0.257. The number of rotatable bonds is 4. The number of amides is 3. The van der Waals surface area contributed by atoms with Gasteiger partial charge in [0.25, 0.3) is 0 Å². The van der Waals surface area contributed by atoms with Gasteiger partial charge in [-0.15, -0.1) is 11.6 Å². The molecule has 0 heterocycles. The number of urea groups is 1. The van der Waals surface area contributed by atoms with Crippen LogP contribution in [0.1, 0.15) is 39.5 Å². The van der Waals surface area contributed by atoms with Gasteiger partial charge in [0, 0.05) is 6.54 Å². The van der Waals surface area contributed by atoms with E-state index >= 15 is 0 Å². The van der Waals surface area contributed by atoms with Gasteiger partial charge >= 0.3 is 6.03 Å². The maximum absolute atomic E-state index is 11.4. The standard InChI is InChI=1S/C11H19ClN2O2/c1-3-11(5-4-6-11)7-13-10(16)14-9(15)8(2)12/h8H,3-7H2,1-2H3,(H2,13,14,15,16). The molecule has 1 fully saturated rings. The second-order valence-electron chi connectivity index (χ2n) is 4.50. The number of hydrogen-bond donors (Lipinski definition) is 2. The summed E-state index contributed by atoms with van der Waals surface area (Å²) in [6.45, 7) is 4.30. The van der Waals surface area contributed by atoms with Gasteiger partial charge < -0.3 is 5.32 Å². The molecule has 0 aromatic rings. The highest BCUT2D eigenvalue weighted by Crippen LogP contribution is 2.42. The molecule has 0 saturated heterocycles. The third-order valence-electron chi connectivity index (χ3n) is 3.39. The minimum Gasteiger partial charge on any atom is -0.337 e. The number of hydrogen-bond acceptors (Lipinski definition) is 2. The maximum atomic E-state index is 11.4. The normalized spacial score (nSPS) is 19.4. The first-order valence-corrected chi connectivity index (χ1v) is 6.15. The highest BCUT2D eigenvalue weighted by molar-refractivity contribution is 6.31. The van der Waals surface area contributed by atoms with Gasteiger partial charge in [0.1, 0.15) is 5.38 Å². The van der Waals surface area contributed by atoms with Crippen LogP contribution in [0, 0.1) is 5.41 Å². The fourth-order valence-electron chi connectivity index (χ4n) is 1.86. The summed E-state index contributed by atoms with van der Waals surface area (Å²) in [4.78, 5) is 22.5. The second kappa shape index (κ2) is 5.53. The highest BCUT2D eigenvalue weighted by Gasteiger charge is 2.35. The van der Waals surface area contributed by atoms with Crippen LogP contribution in [-0.2, 0) is 4.79 Å². The summed E-state index contributed by atoms with van der Waals surface area (Å²) in [6.07, 6.45) is 4.61. The summed E-state index contributed by atoms with van der Waals surface area (Å²) in [7, 11) is 0. The molecule has 92 valence electrons. The van der Waals surface area contributed by atoms with Gasteiger partial charge in [-0.05, 0) is 31.6 Å². The zero-order chi connectivity index (χ0) is 12.2. The van der Waals surface area contributed by atoms with Crippen molar-refractivity contribution >= 4 is 23.5 Å². The summed E-state index contributed by atoms with van der Waals surface area (Å²) < 4.78 is 0. The van der Waals surface area contributed by atoms with Gasteiger partial charge in [-0.1, -0.05) is 13.3 Å². The molecule has 1 rings (SSSR count). The van der Waals surface area contributed by atoms with Crippen LogP contribution in [0.2, 0.25) is 0 Å². The largest absolute Gasteiger partial charge is 0.337 e. The first-order chi connectivity index (χ1) is 7.49. The van der Waals surface area contributed by atoms with Gasteiger partial charge in [0.2, 0.25) is 5.91 Å². The van der Waals surface area contributed by atoms with Crippen LogP contribution in [-0.4, -0.2) is 23.9 Å². The molecule has 0 aromatic carbocycles. The number of halogens is 1. The van der Waals surface area contributed by atoms with E-state index in [2.05, 4.69) is 17.6 Å². The molecule has 0 spiro atoms. The molecule has 0 radical (unpaired) electrons. The lowest BCUT2D eigenvalue weighted by Gasteiger charge is -2.41. The van der Waals surface area contributed by atoms with Crippen LogP contribution in [0.15, 0.2) is 0 Å². The monoisotopic (exact) mass is 246 g/mol. The highest BCUT2D eigenvalue weighted by atomic mass is 35.5. The van der Waals surface area contributed by atoms with Crippen molar-refractivity contribution in [3.63, 3.8) is 0 Å². The smallest absolute Gasteiger partial charge is 0.321 e. The molecule has 1 aliphatic carbocycles. The van der Waals surface area contributed by atoms with E-state index in [0.29, 0.717) is 6.54 Å². The Morgan fingerprint density at radius 3 is 2.44 bits per heavy atom. The fourth-order valence-corrected chi connectivity index (χ4v) is 1.91. The molecule has 1 saturated carbocycles. The number of nitrogens with one attached hydrogen (secondary N) is 2. The molecule has 2 N–H and O–H groups in total. The van der Waals surface area contributed by atoms with E-state index in [9.17, 15) is 9.59 Å². The summed E-state index contributed by atoms with van der Waals surface area (Å²) in [6, 6.07) is -0.447. The zero-order valence-corrected chi connectivity index (χ0v) is 10.6. The Hall–Kier alpha value is -0.770. The lowest BCUT2D eigenvalue weighted by molar-refractivity contribution is -0.119. The number of carbonyl (C=O) groups excluding carboxylic acids is 2. The Balaban J connectivity index is 2.27. The first kappa shape index (κ1) is 13.3. The van der Waals surface area contributed by atoms with Gasteiger partial charge in [-0.3, -0.25) is 10.1 Å². The number of alkyl halides is 1. The van der Waals surface area contributed by atoms with Crippen molar-refractivity contribution in [2.24, 2.45) is 5.41 Å². The molecular formula is C11H19ClN2O2. The number of carbonyl (C=O) groups is 2. The van der Waals surface area contributed by atoms with Gasteiger partial charge in [0.05, 0.1) is 0 Å². The van der Waals surface area contributed by atoms with Crippen LogP contribution in [0.5, 0.6) is 0 Å². The molecule has 1 atom stereocenters. The van der Waals surface area contributed by atoms with Crippen molar-refractivity contribution in [1.82, 2.24) is 10.6 Å². The van der Waals surface area contributed by atoms with Crippen molar-refractivity contribution in [2.45, 2.75) is 44.9 Å². The quantitative estimate of drug-likeness (QED) is 0.746. The molecule has 1 aliphatic rings. The van der Waals surface area contributed by atoms with Crippen molar-refractivity contribution in [1.29, 1.82) is 0 Å². The van der Waals surface area contributed by atoms with Crippen molar-refractivity contribution in [3.8, 4) is 0 Å². The van der Waals surface area contributed by atoms with Crippen molar-refractivity contribution < 1.29 is 9.59 Å². The molecule has 3 amide bonds. The topological polar surface area (TPSA) is 58.2 Å². The predicted octanol–water partition coefficient (Wildman–Crippen LogP) is 2.02. The molecule has 4 nitrogen and oxygen atoms in total. The van der Waals surface area contributed by atoms with E-state index in [1.165, 1.54) is 13.3 Å². The van der Waals surface area contributed by atoms with Gasteiger partial charge in [-0.2, -0.15) is 0 Å². The first-order valence-electron chi connectivity index (χ1n) is 5.72. The lowest BCUT2D eigenvalue weighted by atomic mass is 9.67. The summed E-state index contributed by atoms with van der Waals surface area (Å²) in [5, 5.41) is 4.25. The fraction of sp³-hybridized carbons (Fsp3) is 0.818. The Morgan fingerprint density at radius 1 is 1.44 bits per heavy atom. The maximum Gasteiger partial charge on any atom is 0.321 e. The van der Waals surface area contributed by atoms with E-state index in [0.717, 1.165) is 19.3 Å². The Bertz CT molecular complexity index is 270. The number of imide groups is 1. The van der Waals surface area contributed by atoms with Crippen LogP contribution in [0.25, 0.3) is 0 Å². The van der Waals surface area contributed by atoms with E-state index in [4.69, 9.17) is 11.6 Å². The Morgan fingerprint density at radius 2 is 2.06 bits per heavy atom. The minimum atomic E-state index is -0.686. The zero-order valence-electron chi connectivity index (χ0n) is 9.81. The molecule has 5 heteroatoms. The second-order valence-corrected chi connectivity index (χ2v) is 5.15. The van der Waals surface area contributed by atoms with Gasteiger partial charge in [-0.25, -0.2) is 4.79 Å². The summed E-state index contributed by atoms with van der Waals surface area (Å²) in [5.74, 6) is -0.460.